The molecule has 28 heavy (non-hydrogen) atoms. The van der Waals surface area contributed by atoms with Crippen LogP contribution >= 0.6 is 11.8 Å². The molecule has 146 valence electrons. The summed E-state index contributed by atoms with van der Waals surface area (Å²) in [5, 5.41) is 15.3. The fourth-order valence-corrected chi connectivity index (χ4v) is 4.10. The number of rotatable bonds is 8. The number of hydrogen-bond donors (Lipinski definition) is 1. The molecule has 7 nitrogen and oxygen atoms in total. The predicted molar refractivity (Wildman–Crippen MR) is 110 cm³/mol. The van der Waals surface area contributed by atoms with E-state index in [1.54, 1.807) is 24.5 Å². The first kappa shape index (κ1) is 20.0. The predicted octanol–water partition coefficient (Wildman–Crippen LogP) is 4.23. The molecule has 0 spiro atoms. The maximum atomic E-state index is 11.1. The Balaban J connectivity index is 2.06. The minimum Gasteiger partial charge on any atom is -0.317 e. The SMILES string of the molecule is CNCc1nc(C(C)C)c(Sc2cccc([N+](=O)[O-])c2)n1Cc1ccncc1. The molecule has 3 aromatic rings. The molecule has 0 saturated heterocycles. The second-order valence-electron chi connectivity index (χ2n) is 6.70. The van der Waals surface area contributed by atoms with Crippen molar-refractivity contribution in [2.24, 2.45) is 0 Å². The topological polar surface area (TPSA) is 85.9 Å². The molecule has 3 rings (SSSR count). The van der Waals surface area contributed by atoms with E-state index in [9.17, 15) is 10.1 Å². The summed E-state index contributed by atoms with van der Waals surface area (Å²) in [4.78, 5) is 20.6. The first-order valence-corrected chi connectivity index (χ1v) is 9.86. The first-order chi connectivity index (χ1) is 13.5. The van der Waals surface area contributed by atoms with Crippen molar-refractivity contribution in [1.29, 1.82) is 0 Å². The average Bonchev–Trinajstić information content (AvgIpc) is 3.01. The molecular weight excluding hydrogens is 374 g/mol. The van der Waals surface area contributed by atoms with Crippen molar-refractivity contribution in [1.82, 2.24) is 19.9 Å². The Bertz CT molecular complexity index is 956. The van der Waals surface area contributed by atoms with Gasteiger partial charge in [-0.2, -0.15) is 0 Å². The summed E-state index contributed by atoms with van der Waals surface area (Å²) in [7, 11) is 1.90. The van der Waals surface area contributed by atoms with Gasteiger partial charge in [0.2, 0.25) is 0 Å². The molecule has 8 heteroatoms. The molecule has 0 radical (unpaired) electrons. The van der Waals surface area contributed by atoms with Crippen molar-refractivity contribution >= 4 is 17.4 Å². The van der Waals surface area contributed by atoms with Crippen molar-refractivity contribution in [3.8, 4) is 0 Å². The molecule has 0 atom stereocenters. The standard InChI is InChI=1S/C20H23N5O2S/c1-14(2)19-20(28-17-6-4-5-16(11-17)25(26)27)24(18(23-19)12-21-3)13-15-7-9-22-10-8-15/h4-11,14,21H,12-13H2,1-3H3. The van der Waals surface area contributed by atoms with Crippen molar-refractivity contribution in [2.75, 3.05) is 7.05 Å². The van der Waals surface area contributed by atoms with Crippen LogP contribution in [0.15, 0.2) is 58.7 Å². The van der Waals surface area contributed by atoms with Gasteiger partial charge in [-0.15, -0.1) is 0 Å². The number of imidazole rings is 1. The second-order valence-corrected chi connectivity index (χ2v) is 7.76. The minimum atomic E-state index is -0.367. The highest BCUT2D eigenvalue weighted by molar-refractivity contribution is 7.99. The zero-order valence-electron chi connectivity index (χ0n) is 16.1. The highest BCUT2D eigenvalue weighted by Gasteiger charge is 2.21. The van der Waals surface area contributed by atoms with Crippen LogP contribution in [0.5, 0.6) is 0 Å². The minimum absolute atomic E-state index is 0.0896. The average molecular weight is 398 g/mol. The molecule has 2 aromatic heterocycles. The molecular formula is C20H23N5O2S. The molecule has 0 aliphatic heterocycles. The fraction of sp³-hybridized carbons (Fsp3) is 0.300. The Morgan fingerprint density at radius 3 is 2.64 bits per heavy atom. The van der Waals surface area contributed by atoms with E-state index in [1.807, 2.05) is 25.2 Å². The monoisotopic (exact) mass is 397 g/mol. The summed E-state index contributed by atoms with van der Waals surface area (Å²) in [5.74, 6) is 1.17. The van der Waals surface area contributed by atoms with Gasteiger partial charge in [0.1, 0.15) is 10.9 Å². The summed E-state index contributed by atoms with van der Waals surface area (Å²) in [5.41, 5.74) is 2.21. The first-order valence-electron chi connectivity index (χ1n) is 9.04. The molecule has 1 aromatic carbocycles. The van der Waals surface area contributed by atoms with Gasteiger partial charge in [0, 0.05) is 36.0 Å². The van der Waals surface area contributed by atoms with Crippen LogP contribution in [0.4, 0.5) is 5.69 Å². The number of aromatic nitrogens is 3. The quantitative estimate of drug-likeness (QED) is 0.452. The van der Waals surface area contributed by atoms with Crippen LogP contribution in [0, 0.1) is 10.1 Å². The summed E-state index contributed by atoms with van der Waals surface area (Å²) in [6.07, 6.45) is 3.56. The van der Waals surface area contributed by atoms with E-state index in [0.29, 0.717) is 13.1 Å². The van der Waals surface area contributed by atoms with Gasteiger partial charge in [0.05, 0.1) is 17.2 Å². The number of nitro groups is 1. The van der Waals surface area contributed by atoms with Gasteiger partial charge in [0.25, 0.3) is 5.69 Å². The van der Waals surface area contributed by atoms with E-state index >= 15 is 0 Å². The number of hydrogen-bond acceptors (Lipinski definition) is 6. The Morgan fingerprint density at radius 1 is 1.25 bits per heavy atom. The van der Waals surface area contributed by atoms with Gasteiger partial charge in [-0.1, -0.05) is 31.7 Å². The maximum Gasteiger partial charge on any atom is 0.270 e. The number of pyridine rings is 1. The van der Waals surface area contributed by atoms with Gasteiger partial charge in [0.15, 0.2) is 0 Å². The Kier molecular flexibility index (Phi) is 6.43. The molecule has 0 bridgehead atoms. The lowest BCUT2D eigenvalue weighted by molar-refractivity contribution is -0.385. The summed E-state index contributed by atoms with van der Waals surface area (Å²) in [6.45, 7) is 5.52. The highest BCUT2D eigenvalue weighted by atomic mass is 32.2. The highest BCUT2D eigenvalue weighted by Crippen LogP contribution is 2.36. The van der Waals surface area contributed by atoms with Crippen molar-refractivity contribution < 1.29 is 4.92 Å². The molecule has 2 heterocycles. The summed E-state index contributed by atoms with van der Waals surface area (Å²) < 4.78 is 2.19. The number of benzene rings is 1. The van der Waals surface area contributed by atoms with Gasteiger partial charge < -0.3 is 9.88 Å². The number of nitro benzene ring substituents is 1. The summed E-state index contributed by atoms with van der Waals surface area (Å²) >= 11 is 1.52. The molecule has 0 aliphatic rings. The van der Waals surface area contributed by atoms with Crippen LogP contribution in [0.2, 0.25) is 0 Å². The zero-order chi connectivity index (χ0) is 20.1. The van der Waals surface area contributed by atoms with Gasteiger partial charge in [-0.3, -0.25) is 15.1 Å². The van der Waals surface area contributed by atoms with E-state index < -0.39 is 0 Å². The molecule has 1 N–H and O–H groups in total. The maximum absolute atomic E-state index is 11.1. The van der Waals surface area contributed by atoms with Crippen molar-refractivity contribution in [3.05, 3.63) is 76.0 Å². The molecule has 0 amide bonds. The fourth-order valence-electron chi connectivity index (χ4n) is 2.89. The lowest BCUT2D eigenvalue weighted by Gasteiger charge is -2.13. The molecule has 0 saturated carbocycles. The van der Waals surface area contributed by atoms with E-state index in [1.165, 1.54) is 17.8 Å². The normalized spacial score (nSPS) is 11.1. The van der Waals surface area contributed by atoms with Gasteiger partial charge >= 0.3 is 0 Å². The van der Waals surface area contributed by atoms with Gasteiger partial charge in [-0.25, -0.2) is 4.98 Å². The zero-order valence-corrected chi connectivity index (χ0v) is 16.9. The largest absolute Gasteiger partial charge is 0.317 e. The number of nitrogens with one attached hydrogen (secondary N) is 1. The molecule has 0 unspecified atom stereocenters. The third kappa shape index (κ3) is 4.58. The lowest BCUT2D eigenvalue weighted by Crippen LogP contribution is -2.13. The van der Waals surface area contributed by atoms with E-state index in [2.05, 4.69) is 28.7 Å². The van der Waals surface area contributed by atoms with Crippen molar-refractivity contribution in [3.63, 3.8) is 0 Å². The van der Waals surface area contributed by atoms with E-state index in [4.69, 9.17) is 4.98 Å². The van der Waals surface area contributed by atoms with Crippen LogP contribution in [0.3, 0.4) is 0 Å². The smallest absolute Gasteiger partial charge is 0.270 e. The van der Waals surface area contributed by atoms with Gasteiger partial charge in [-0.05, 0) is 36.7 Å². The van der Waals surface area contributed by atoms with Crippen LogP contribution < -0.4 is 5.32 Å². The van der Waals surface area contributed by atoms with E-state index in [-0.39, 0.29) is 16.5 Å². The molecule has 0 fully saturated rings. The van der Waals surface area contributed by atoms with Crippen LogP contribution in [-0.4, -0.2) is 26.5 Å². The Hall–Kier alpha value is -2.71. The van der Waals surface area contributed by atoms with Crippen LogP contribution in [-0.2, 0) is 13.1 Å². The second kappa shape index (κ2) is 8.99. The van der Waals surface area contributed by atoms with E-state index in [0.717, 1.165) is 27.0 Å². The number of non-ortho nitro benzene ring substituents is 1. The third-order valence-electron chi connectivity index (χ3n) is 4.24. The Labute approximate surface area is 168 Å². The Morgan fingerprint density at radius 2 is 2.00 bits per heavy atom. The number of nitrogens with zero attached hydrogens (tertiary/aromatic N) is 4. The summed E-state index contributed by atoms with van der Waals surface area (Å²) in [6, 6.07) is 10.7. The van der Waals surface area contributed by atoms with Crippen LogP contribution in [0.1, 0.15) is 36.8 Å². The molecule has 0 aliphatic carbocycles. The third-order valence-corrected chi connectivity index (χ3v) is 5.35. The van der Waals surface area contributed by atoms with Crippen molar-refractivity contribution in [2.45, 2.75) is 42.8 Å². The lowest BCUT2D eigenvalue weighted by atomic mass is 10.1. The van der Waals surface area contributed by atoms with Crippen LogP contribution in [0.25, 0.3) is 0 Å².